The summed E-state index contributed by atoms with van der Waals surface area (Å²) in [5, 5.41) is 3.21. The first kappa shape index (κ1) is 27.1. The highest BCUT2D eigenvalue weighted by Crippen LogP contribution is 2.32. The number of anilines is 1. The number of hydrogen-bond donors (Lipinski definition) is 2. The van der Waals surface area contributed by atoms with E-state index in [4.69, 9.17) is 16.3 Å². The van der Waals surface area contributed by atoms with Crippen molar-refractivity contribution < 1.29 is 17.9 Å². The van der Waals surface area contributed by atoms with Crippen LogP contribution in [0.5, 0.6) is 5.88 Å². The molecule has 0 saturated heterocycles. The van der Waals surface area contributed by atoms with E-state index < -0.39 is 15.9 Å². The summed E-state index contributed by atoms with van der Waals surface area (Å²) < 4.78 is 35.6. The predicted octanol–water partition coefficient (Wildman–Crippen LogP) is 3.61. The normalized spacial score (nSPS) is 12.2. The maximum atomic E-state index is 13.2. The zero-order valence-corrected chi connectivity index (χ0v) is 22.7. The van der Waals surface area contributed by atoms with E-state index in [-0.39, 0.29) is 39.5 Å². The van der Waals surface area contributed by atoms with Crippen molar-refractivity contribution in [1.82, 2.24) is 19.9 Å². The highest BCUT2D eigenvalue weighted by Gasteiger charge is 2.21. The van der Waals surface area contributed by atoms with Gasteiger partial charge in [-0.15, -0.1) is 0 Å². The summed E-state index contributed by atoms with van der Waals surface area (Å²) in [7, 11) is -1.09. The summed E-state index contributed by atoms with van der Waals surface area (Å²) in [5.41, 5.74) is 1.99. The molecule has 198 valence electrons. The molecule has 0 bridgehead atoms. The Bertz CT molecular complexity index is 1700. The van der Waals surface area contributed by atoms with Gasteiger partial charge in [0.1, 0.15) is 5.69 Å². The predicted molar refractivity (Wildman–Crippen MR) is 146 cm³/mol. The third kappa shape index (κ3) is 5.48. The summed E-state index contributed by atoms with van der Waals surface area (Å²) >= 11 is 6.03. The lowest BCUT2D eigenvalue weighted by atomic mass is 10.0. The molecule has 4 rings (SSSR count). The first-order chi connectivity index (χ1) is 18.0. The van der Waals surface area contributed by atoms with Crippen LogP contribution in [0.25, 0.3) is 22.0 Å². The molecule has 2 aromatic heterocycles. The molecule has 4 aromatic rings. The lowest BCUT2D eigenvalue weighted by Crippen LogP contribution is -2.32. The van der Waals surface area contributed by atoms with Gasteiger partial charge in [-0.1, -0.05) is 30.7 Å². The molecule has 0 fully saturated rings. The fourth-order valence-electron chi connectivity index (χ4n) is 4.00. The maximum absolute atomic E-state index is 13.2. The summed E-state index contributed by atoms with van der Waals surface area (Å²) in [4.78, 5) is 33.7. The number of aryl methyl sites for hydroxylation is 1. The van der Waals surface area contributed by atoms with Crippen molar-refractivity contribution >= 4 is 44.1 Å². The molecule has 10 nitrogen and oxygen atoms in total. The maximum Gasteiger partial charge on any atom is 0.262 e. The van der Waals surface area contributed by atoms with Gasteiger partial charge in [0.15, 0.2) is 0 Å². The zero-order chi connectivity index (χ0) is 27.6. The zero-order valence-electron chi connectivity index (χ0n) is 21.1. The third-order valence-electron chi connectivity index (χ3n) is 6.05. The van der Waals surface area contributed by atoms with Gasteiger partial charge in [0.2, 0.25) is 11.8 Å². The second-order valence-corrected chi connectivity index (χ2v) is 10.8. The number of nitrogens with zero attached hydrogens (tertiary/aromatic N) is 3. The van der Waals surface area contributed by atoms with Crippen molar-refractivity contribution in [3.63, 3.8) is 0 Å². The number of fused-ring (bicyclic) bond motifs is 1. The number of halogens is 1. The number of pyridine rings is 1. The second kappa shape index (κ2) is 10.8. The van der Waals surface area contributed by atoms with E-state index in [0.29, 0.717) is 27.6 Å². The van der Waals surface area contributed by atoms with E-state index >= 15 is 0 Å². The summed E-state index contributed by atoms with van der Waals surface area (Å²) in [6.07, 6.45) is 2.94. The monoisotopic (exact) mass is 555 g/mol. The highest BCUT2D eigenvalue weighted by molar-refractivity contribution is 7.92. The average molecular weight is 556 g/mol. The molecular formula is C26H26ClN5O5S. The van der Waals surface area contributed by atoms with E-state index in [1.165, 1.54) is 30.3 Å². The number of carbonyl (C=O) groups excluding carboxylic acids is 1. The summed E-state index contributed by atoms with van der Waals surface area (Å²) in [5.74, 6) is -0.535. The molecule has 38 heavy (non-hydrogen) atoms. The Morgan fingerprint density at radius 2 is 1.89 bits per heavy atom. The number of ether oxygens (including phenoxy) is 1. The van der Waals surface area contributed by atoms with Gasteiger partial charge in [0, 0.05) is 30.4 Å². The molecule has 0 saturated carbocycles. The molecule has 0 spiro atoms. The molecule has 0 radical (unpaired) electrons. The second-order valence-electron chi connectivity index (χ2n) is 8.75. The molecule has 2 heterocycles. The molecule has 0 aliphatic rings. The Morgan fingerprint density at radius 1 is 1.13 bits per heavy atom. The van der Waals surface area contributed by atoms with Crippen LogP contribution < -0.4 is 20.3 Å². The van der Waals surface area contributed by atoms with Crippen LogP contribution >= 0.6 is 11.6 Å². The first-order valence-electron chi connectivity index (χ1n) is 11.6. The Labute approximate surface area is 224 Å². The first-order valence-corrected chi connectivity index (χ1v) is 13.4. The van der Waals surface area contributed by atoms with Crippen LogP contribution in [0.2, 0.25) is 5.02 Å². The quantitative estimate of drug-likeness (QED) is 0.339. The SMILES string of the molecule is CNC(=O)C(C)Cn1cnc2ccc(-c3cnc(OC)c(NS(=O)(=O)c4cc(Cl)ccc4C)c3)cc2c1=O. The fraction of sp³-hybridized carbons (Fsp3) is 0.231. The van der Waals surface area contributed by atoms with Crippen LogP contribution in [0, 0.1) is 12.8 Å². The number of rotatable bonds is 8. The molecule has 2 N–H and O–H groups in total. The smallest absolute Gasteiger partial charge is 0.262 e. The molecule has 0 aliphatic carbocycles. The minimum Gasteiger partial charge on any atom is -0.480 e. The lowest BCUT2D eigenvalue weighted by molar-refractivity contribution is -0.124. The van der Waals surface area contributed by atoms with Gasteiger partial charge in [0.05, 0.1) is 35.2 Å². The van der Waals surface area contributed by atoms with Crippen LogP contribution in [-0.4, -0.2) is 43.0 Å². The van der Waals surface area contributed by atoms with Crippen LogP contribution in [0.15, 0.2) is 64.7 Å². The molecule has 0 aliphatic heterocycles. The summed E-state index contributed by atoms with van der Waals surface area (Å²) in [6.45, 7) is 3.56. The van der Waals surface area contributed by atoms with Crippen molar-refractivity contribution in [3.05, 3.63) is 75.9 Å². The van der Waals surface area contributed by atoms with Crippen molar-refractivity contribution in [2.45, 2.75) is 25.3 Å². The molecular weight excluding hydrogens is 530 g/mol. The number of aromatic nitrogens is 3. The number of hydrogen-bond acceptors (Lipinski definition) is 7. The van der Waals surface area contributed by atoms with Crippen LogP contribution in [0.1, 0.15) is 12.5 Å². The van der Waals surface area contributed by atoms with E-state index in [9.17, 15) is 18.0 Å². The number of nitrogens with one attached hydrogen (secondary N) is 2. The van der Waals surface area contributed by atoms with Gasteiger partial charge in [-0.3, -0.25) is 18.9 Å². The van der Waals surface area contributed by atoms with Gasteiger partial charge in [-0.2, -0.15) is 0 Å². The van der Waals surface area contributed by atoms with Crippen LogP contribution in [-0.2, 0) is 21.4 Å². The van der Waals surface area contributed by atoms with E-state index in [2.05, 4.69) is 20.0 Å². The number of methoxy groups -OCH3 is 1. The largest absolute Gasteiger partial charge is 0.480 e. The summed E-state index contributed by atoms with van der Waals surface area (Å²) in [6, 6.07) is 11.3. The minimum atomic E-state index is -4.02. The number of benzene rings is 2. The van der Waals surface area contributed by atoms with Crippen LogP contribution in [0.3, 0.4) is 0 Å². The molecule has 12 heteroatoms. The van der Waals surface area contributed by atoms with E-state index in [0.717, 1.165) is 0 Å². The standard InChI is InChI=1S/C26H26ClN5O5S/c1-15-5-7-19(27)11-23(15)38(35,36)31-22-10-18(12-29-25(22)37-4)17-6-8-21-20(9-17)26(34)32(14-30-21)13-16(2)24(33)28-3/h5-12,14,16,31H,13H2,1-4H3,(H,28,33). The Kier molecular flexibility index (Phi) is 7.70. The highest BCUT2D eigenvalue weighted by atomic mass is 35.5. The van der Waals surface area contributed by atoms with Crippen molar-refractivity contribution in [1.29, 1.82) is 0 Å². The van der Waals surface area contributed by atoms with Crippen LogP contribution in [0.4, 0.5) is 5.69 Å². The van der Waals surface area contributed by atoms with Gasteiger partial charge in [-0.05, 0) is 48.4 Å². The Morgan fingerprint density at radius 3 is 2.61 bits per heavy atom. The van der Waals surface area contributed by atoms with Crippen molar-refractivity contribution in [2.75, 3.05) is 18.9 Å². The lowest BCUT2D eigenvalue weighted by Gasteiger charge is -2.15. The molecule has 1 amide bonds. The van der Waals surface area contributed by atoms with E-state index in [1.807, 2.05) is 0 Å². The van der Waals surface area contributed by atoms with Gasteiger partial charge >= 0.3 is 0 Å². The molecule has 1 unspecified atom stereocenters. The van der Waals surface area contributed by atoms with E-state index in [1.54, 1.807) is 57.3 Å². The van der Waals surface area contributed by atoms with Gasteiger partial charge < -0.3 is 10.1 Å². The van der Waals surface area contributed by atoms with Crippen molar-refractivity contribution in [2.24, 2.45) is 5.92 Å². The minimum absolute atomic E-state index is 0.0285. The topological polar surface area (TPSA) is 132 Å². The molecule has 2 aromatic carbocycles. The Balaban J connectivity index is 1.74. The van der Waals surface area contributed by atoms with Gasteiger partial charge in [-0.25, -0.2) is 18.4 Å². The third-order valence-corrected chi connectivity index (χ3v) is 7.79. The van der Waals surface area contributed by atoms with Gasteiger partial charge in [0.25, 0.3) is 15.6 Å². The number of sulfonamides is 1. The van der Waals surface area contributed by atoms with Crippen molar-refractivity contribution in [3.8, 4) is 17.0 Å². The molecule has 1 atom stereocenters. The fourth-order valence-corrected chi connectivity index (χ4v) is 5.56. The number of amides is 1. The average Bonchev–Trinajstić information content (AvgIpc) is 2.90. The Hall–Kier alpha value is -3.96. The number of carbonyl (C=O) groups is 1.